The smallest absolute Gasteiger partial charge is 0.257 e. The van der Waals surface area contributed by atoms with Crippen molar-refractivity contribution in [1.82, 2.24) is 4.90 Å². The highest BCUT2D eigenvalue weighted by atomic mass is 16.3. The average Bonchev–Trinajstić information content (AvgIpc) is 2.80. The fourth-order valence-electron chi connectivity index (χ4n) is 2.20. The number of phenolic OH excluding ortho intramolecular Hbond substituents is 1. The number of nitrogens with zero attached hydrogens (tertiary/aromatic N) is 1. The van der Waals surface area contributed by atoms with E-state index in [2.05, 4.69) is 0 Å². The number of hydrogen-bond donors (Lipinski definition) is 2. The lowest BCUT2D eigenvalue weighted by Crippen LogP contribution is -2.29. The normalized spacial score (nSPS) is 19.6. The zero-order valence-electron chi connectivity index (χ0n) is 10.0. The summed E-state index contributed by atoms with van der Waals surface area (Å²) in [5.74, 6) is 0.352. The zero-order chi connectivity index (χ0) is 12.4. The molecule has 0 saturated carbocycles. The Morgan fingerprint density at radius 2 is 2.35 bits per heavy atom. The molecule has 1 heterocycles. The second-order valence-electron chi connectivity index (χ2n) is 4.66. The molecule has 1 aromatic carbocycles. The molecule has 0 spiro atoms. The molecular formula is C13H18N2O2. The molecule has 0 aliphatic carbocycles. The lowest BCUT2D eigenvalue weighted by atomic mass is 10.1. The van der Waals surface area contributed by atoms with Gasteiger partial charge in [-0.3, -0.25) is 4.79 Å². The van der Waals surface area contributed by atoms with Gasteiger partial charge in [-0.25, -0.2) is 0 Å². The van der Waals surface area contributed by atoms with Gasteiger partial charge >= 0.3 is 0 Å². The molecule has 1 amide bonds. The molecule has 3 N–H and O–H groups in total. The minimum atomic E-state index is -0.0952. The second-order valence-corrected chi connectivity index (χ2v) is 4.66. The van der Waals surface area contributed by atoms with Gasteiger partial charge in [0.05, 0.1) is 5.56 Å². The van der Waals surface area contributed by atoms with Gasteiger partial charge in [0.2, 0.25) is 0 Å². The van der Waals surface area contributed by atoms with Gasteiger partial charge in [0.15, 0.2) is 0 Å². The summed E-state index contributed by atoms with van der Waals surface area (Å²) in [6.07, 6.45) is 0.953. The third kappa shape index (κ3) is 2.42. The molecule has 1 unspecified atom stereocenters. The Bertz CT molecular complexity index is 431. The molecule has 17 heavy (non-hydrogen) atoms. The van der Waals surface area contributed by atoms with Crippen LogP contribution >= 0.6 is 0 Å². The van der Waals surface area contributed by atoms with E-state index >= 15 is 0 Å². The number of nitrogens with two attached hydrogens (primary N) is 1. The fourth-order valence-corrected chi connectivity index (χ4v) is 2.20. The summed E-state index contributed by atoms with van der Waals surface area (Å²) in [4.78, 5) is 14.0. The van der Waals surface area contributed by atoms with Crippen LogP contribution in [0.3, 0.4) is 0 Å². The predicted octanol–water partition coefficient (Wildman–Crippen LogP) is 1.12. The van der Waals surface area contributed by atoms with Crippen LogP contribution in [0.4, 0.5) is 0 Å². The summed E-state index contributed by atoms with van der Waals surface area (Å²) in [5.41, 5.74) is 6.97. The van der Waals surface area contributed by atoms with Crippen LogP contribution in [0, 0.1) is 12.8 Å². The largest absolute Gasteiger partial charge is 0.507 e. The highest BCUT2D eigenvalue weighted by molar-refractivity contribution is 5.97. The van der Waals surface area contributed by atoms with Crippen molar-refractivity contribution < 1.29 is 9.90 Å². The molecule has 0 aromatic heterocycles. The van der Waals surface area contributed by atoms with E-state index in [1.165, 1.54) is 0 Å². The fraction of sp³-hybridized carbons (Fsp3) is 0.462. The lowest BCUT2D eigenvalue weighted by molar-refractivity contribution is 0.0784. The number of phenols is 1. The Kier molecular flexibility index (Phi) is 3.33. The number of rotatable bonds is 2. The Balaban J connectivity index is 2.17. The summed E-state index contributed by atoms with van der Waals surface area (Å²) < 4.78 is 0. The minimum Gasteiger partial charge on any atom is -0.507 e. The van der Waals surface area contributed by atoms with E-state index in [1.54, 1.807) is 23.1 Å². The quantitative estimate of drug-likeness (QED) is 0.806. The van der Waals surface area contributed by atoms with Crippen LogP contribution in [-0.4, -0.2) is 35.5 Å². The van der Waals surface area contributed by atoms with E-state index < -0.39 is 0 Å². The Hall–Kier alpha value is -1.55. The van der Waals surface area contributed by atoms with Crippen LogP contribution < -0.4 is 5.73 Å². The molecule has 1 saturated heterocycles. The predicted molar refractivity (Wildman–Crippen MR) is 65.9 cm³/mol. The van der Waals surface area contributed by atoms with Gasteiger partial charge in [0, 0.05) is 13.1 Å². The highest BCUT2D eigenvalue weighted by Crippen LogP contribution is 2.23. The van der Waals surface area contributed by atoms with E-state index in [9.17, 15) is 9.90 Å². The van der Waals surface area contributed by atoms with Gasteiger partial charge in [-0.05, 0) is 37.9 Å². The van der Waals surface area contributed by atoms with Crippen molar-refractivity contribution in [3.8, 4) is 5.75 Å². The van der Waals surface area contributed by atoms with Gasteiger partial charge in [-0.2, -0.15) is 0 Å². The van der Waals surface area contributed by atoms with Crippen LogP contribution in [-0.2, 0) is 0 Å². The van der Waals surface area contributed by atoms with Crippen LogP contribution in [0.25, 0.3) is 0 Å². The molecule has 1 fully saturated rings. The number of carbonyl (C=O) groups is 1. The number of carbonyl (C=O) groups excluding carboxylic acids is 1. The number of aryl methyl sites for hydroxylation is 1. The molecule has 4 nitrogen and oxygen atoms in total. The third-order valence-corrected chi connectivity index (χ3v) is 3.29. The van der Waals surface area contributed by atoms with Crippen molar-refractivity contribution in [3.05, 3.63) is 29.3 Å². The number of amides is 1. The van der Waals surface area contributed by atoms with E-state index in [-0.39, 0.29) is 11.7 Å². The second kappa shape index (κ2) is 4.75. The van der Waals surface area contributed by atoms with Crippen molar-refractivity contribution in [2.24, 2.45) is 11.7 Å². The van der Waals surface area contributed by atoms with Gasteiger partial charge in [0.25, 0.3) is 5.91 Å². The summed E-state index contributed by atoms with van der Waals surface area (Å²) in [7, 11) is 0. The van der Waals surface area contributed by atoms with Crippen LogP contribution in [0.5, 0.6) is 5.75 Å². The molecule has 1 aromatic rings. The Morgan fingerprint density at radius 3 is 3.00 bits per heavy atom. The first-order chi connectivity index (χ1) is 8.11. The van der Waals surface area contributed by atoms with Crippen molar-refractivity contribution in [2.75, 3.05) is 19.6 Å². The SMILES string of the molecule is Cc1ccc(O)c(C(=O)N2CCC(CN)C2)c1. The van der Waals surface area contributed by atoms with Crippen molar-refractivity contribution in [2.45, 2.75) is 13.3 Å². The first kappa shape index (κ1) is 11.9. The Labute approximate surface area is 101 Å². The van der Waals surface area contributed by atoms with Crippen molar-refractivity contribution in [3.63, 3.8) is 0 Å². The lowest BCUT2D eigenvalue weighted by Gasteiger charge is -2.17. The molecule has 92 valence electrons. The van der Waals surface area contributed by atoms with Crippen LogP contribution in [0.1, 0.15) is 22.3 Å². The topological polar surface area (TPSA) is 66.6 Å². The number of aromatic hydroxyl groups is 1. The van der Waals surface area contributed by atoms with E-state index in [4.69, 9.17) is 5.73 Å². The summed E-state index contributed by atoms with van der Waals surface area (Å²) in [5, 5.41) is 9.72. The van der Waals surface area contributed by atoms with Gasteiger partial charge < -0.3 is 15.7 Å². The standard InChI is InChI=1S/C13H18N2O2/c1-9-2-3-12(16)11(6-9)13(17)15-5-4-10(7-14)8-15/h2-3,6,10,16H,4-5,7-8,14H2,1H3. The molecule has 4 heteroatoms. The average molecular weight is 234 g/mol. The molecule has 1 atom stereocenters. The van der Waals surface area contributed by atoms with Gasteiger partial charge in [-0.1, -0.05) is 11.6 Å². The van der Waals surface area contributed by atoms with Gasteiger partial charge in [0.1, 0.15) is 5.75 Å². The van der Waals surface area contributed by atoms with E-state index in [0.29, 0.717) is 24.6 Å². The summed E-state index contributed by atoms with van der Waals surface area (Å²) >= 11 is 0. The monoisotopic (exact) mass is 234 g/mol. The molecule has 0 bridgehead atoms. The zero-order valence-corrected chi connectivity index (χ0v) is 10.0. The van der Waals surface area contributed by atoms with Gasteiger partial charge in [-0.15, -0.1) is 0 Å². The Morgan fingerprint density at radius 1 is 1.59 bits per heavy atom. The maximum Gasteiger partial charge on any atom is 0.257 e. The molecule has 0 radical (unpaired) electrons. The minimum absolute atomic E-state index is 0.0526. The molecule has 2 rings (SSSR count). The first-order valence-corrected chi connectivity index (χ1v) is 5.90. The summed E-state index contributed by atoms with van der Waals surface area (Å²) in [6.45, 7) is 3.95. The molecular weight excluding hydrogens is 216 g/mol. The first-order valence-electron chi connectivity index (χ1n) is 5.90. The van der Waals surface area contributed by atoms with Crippen LogP contribution in [0.2, 0.25) is 0 Å². The molecule has 1 aliphatic heterocycles. The maximum atomic E-state index is 12.2. The maximum absolute atomic E-state index is 12.2. The molecule has 1 aliphatic rings. The van der Waals surface area contributed by atoms with Crippen molar-refractivity contribution in [1.29, 1.82) is 0 Å². The highest BCUT2D eigenvalue weighted by Gasteiger charge is 2.27. The third-order valence-electron chi connectivity index (χ3n) is 3.29. The number of benzene rings is 1. The number of hydrogen-bond acceptors (Lipinski definition) is 3. The summed E-state index contributed by atoms with van der Waals surface area (Å²) in [6, 6.07) is 5.09. The van der Waals surface area contributed by atoms with E-state index in [1.807, 2.05) is 6.92 Å². The van der Waals surface area contributed by atoms with E-state index in [0.717, 1.165) is 18.5 Å². The van der Waals surface area contributed by atoms with Crippen molar-refractivity contribution >= 4 is 5.91 Å². The number of likely N-dealkylation sites (tertiary alicyclic amines) is 1. The van der Waals surface area contributed by atoms with Crippen LogP contribution in [0.15, 0.2) is 18.2 Å².